The average Bonchev–Trinajstić information content (AvgIpc) is 2.55. The van der Waals surface area contributed by atoms with Gasteiger partial charge >= 0.3 is 0 Å². The fraction of sp³-hybridized carbons (Fsp3) is 0.263. The number of benzene rings is 2. The highest BCUT2D eigenvalue weighted by atomic mass is 35.5. The molecule has 6 heteroatoms. The van der Waals surface area contributed by atoms with Gasteiger partial charge in [0.15, 0.2) is 0 Å². The van der Waals surface area contributed by atoms with Gasteiger partial charge in [-0.15, -0.1) is 0 Å². The molecule has 0 heterocycles. The second-order valence-electron chi connectivity index (χ2n) is 5.72. The number of anilines is 1. The molecule has 0 atom stereocenters. The molecule has 4 nitrogen and oxygen atoms in total. The fourth-order valence-corrected chi connectivity index (χ4v) is 2.73. The van der Waals surface area contributed by atoms with E-state index in [1.807, 2.05) is 6.92 Å². The highest BCUT2D eigenvalue weighted by Crippen LogP contribution is 2.24. The van der Waals surface area contributed by atoms with Crippen molar-refractivity contribution in [1.82, 2.24) is 5.32 Å². The molecular weight excluding hydrogens is 343 g/mol. The van der Waals surface area contributed by atoms with E-state index in [0.717, 1.165) is 11.3 Å². The summed E-state index contributed by atoms with van der Waals surface area (Å²) in [6.07, 6.45) is 0.121. The van der Waals surface area contributed by atoms with Crippen molar-refractivity contribution in [2.45, 2.75) is 26.8 Å². The zero-order chi connectivity index (χ0) is 18.4. The summed E-state index contributed by atoms with van der Waals surface area (Å²) in [7, 11) is 0. The Labute approximate surface area is 151 Å². The van der Waals surface area contributed by atoms with Crippen LogP contribution in [0.1, 0.15) is 24.5 Å². The zero-order valence-electron chi connectivity index (χ0n) is 14.2. The molecular formula is C19H20ClFN2O2. The number of rotatable bonds is 6. The van der Waals surface area contributed by atoms with E-state index in [4.69, 9.17) is 11.6 Å². The van der Waals surface area contributed by atoms with Crippen LogP contribution < -0.4 is 10.2 Å². The van der Waals surface area contributed by atoms with Gasteiger partial charge in [-0.25, -0.2) is 4.39 Å². The lowest BCUT2D eigenvalue weighted by molar-refractivity contribution is -0.121. The lowest BCUT2D eigenvalue weighted by Crippen LogP contribution is -2.34. The Morgan fingerprint density at radius 3 is 2.56 bits per heavy atom. The van der Waals surface area contributed by atoms with Gasteiger partial charge in [-0.2, -0.15) is 0 Å². The molecule has 2 rings (SSSR count). The summed E-state index contributed by atoms with van der Waals surface area (Å²) in [5.74, 6) is -0.765. The maximum Gasteiger partial charge on any atom is 0.223 e. The van der Waals surface area contributed by atoms with E-state index >= 15 is 0 Å². The first kappa shape index (κ1) is 18.9. The predicted octanol–water partition coefficient (Wildman–Crippen LogP) is 3.85. The van der Waals surface area contributed by atoms with Crippen LogP contribution in [-0.2, 0) is 16.1 Å². The van der Waals surface area contributed by atoms with Crippen molar-refractivity contribution in [3.63, 3.8) is 0 Å². The van der Waals surface area contributed by atoms with Crippen molar-refractivity contribution >= 4 is 29.1 Å². The standard InChI is InChI=1S/C19H20ClFN2O2/c1-13-11-16(20)7-8-18(13)23(14(2)24)10-9-19(25)22-12-15-5-3-4-6-17(15)21/h3-8,11H,9-10,12H2,1-2H3,(H,22,25). The van der Waals surface area contributed by atoms with E-state index in [1.165, 1.54) is 17.9 Å². The molecule has 2 amide bonds. The summed E-state index contributed by atoms with van der Waals surface area (Å²) in [5, 5.41) is 3.26. The third-order valence-electron chi connectivity index (χ3n) is 3.83. The van der Waals surface area contributed by atoms with E-state index in [2.05, 4.69) is 5.32 Å². The van der Waals surface area contributed by atoms with Crippen LogP contribution in [-0.4, -0.2) is 18.4 Å². The van der Waals surface area contributed by atoms with Crippen molar-refractivity contribution in [3.8, 4) is 0 Å². The van der Waals surface area contributed by atoms with Crippen LogP contribution in [0.4, 0.5) is 10.1 Å². The molecule has 0 radical (unpaired) electrons. The molecule has 0 bridgehead atoms. The molecule has 1 N–H and O–H groups in total. The number of aryl methyl sites for hydroxylation is 1. The Kier molecular flexibility index (Phi) is 6.53. The number of halogens is 2. The molecule has 25 heavy (non-hydrogen) atoms. The number of nitrogens with one attached hydrogen (secondary N) is 1. The second-order valence-corrected chi connectivity index (χ2v) is 6.16. The minimum absolute atomic E-state index is 0.117. The quantitative estimate of drug-likeness (QED) is 0.848. The lowest BCUT2D eigenvalue weighted by atomic mass is 10.1. The van der Waals surface area contributed by atoms with E-state index in [9.17, 15) is 14.0 Å². The van der Waals surface area contributed by atoms with Crippen LogP contribution in [0.15, 0.2) is 42.5 Å². The van der Waals surface area contributed by atoms with Crippen molar-refractivity contribution in [1.29, 1.82) is 0 Å². The fourth-order valence-electron chi connectivity index (χ4n) is 2.51. The van der Waals surface area contributed by atoms with Crippen molar-refractivity contribution < 1.29 is 14.0 Å². The van der Waals surface area contributed by atoms with Gasteiger partial charge in [0.2, 0.25) is 11.8 Å². The minimum atomic E-state index is -0.357. The molecule has 0 aliphatic carbocycles. The summed E-state index contributed by atoms with van der Waals surface area (Å²) in [6.45, 7) is 3.66. The first-order valence-corrected chi connectivity index (χ1v) is 8.30. The largest absolute Gasteiger partial charge is 0.352 e. The monoisotopic (exact) mass is 362 g/mol. The Morgan fingerprint density at radius 1 is 1.20 bits per heavy atom. The summed E-state index contributed by atoms with van der Waals surface area (Å²) < 4.78 is 13.5. The van der Waals surface area contributed by atoms with Gasteiger partial charge in [0.25, 0.3) is 0 Å². The first-order valence-electron chi connectivity index (χ1n) is 7.93. The van der Waals surface area contributed by atoms with Crippen LogP contribution in [0.3, 0.4) is 0 Å². The van der Waals surface area contributed by atoms with Crippen LogP contribution in [0.25, 0.3) is 0 Å². The zero-order valence-corrected chi connectivity index (χ0v) is 14.9. The summed E-state index contributed by atoms with van der Waals surface area (Å²) in [4.78, 5) is 25.5. The number of nitrogens with zero attached hydrogens (tertiary/aromatic N) is 1. The lowest BCUT2D eigenvalue weighted by Gasteiger charge is -2.23. The van der Waals surface area contributed by atoms with Gasteiger partial charge in [-0.3, -0.25) is 9.59 Å². The summed E-state index contributed by atoms with van der Waals surface area (Å²) >= 11 is 5.94. The third kappa shape index (κ3) is 5.29. The van der Waals surface area contributed by atoms with Gasteiger partial charge in [-0.05, 0) is 36.8 Å². The molecule has 0 saturated heterocycles. The van der Waals surface area contributed by atoms with Crippen LogP contribution >= 0.6 is 11.6 Å². The molecule has 0 saturated carbocycles. The van der Waals surface area contributed by atoms with Crippen molar-refractivity contribution in [2.75, 3.05) is 11.4 Å². The molecule has 0 fully saturated rings. The Hall–Kier alpha value is -2.40. The smallest absolute Gasteiger partial charge is 0.223 e. The topological polar surface area (TPSA) is 49.4 Å². The Bertz CT molecular complexity index is 780. The maximum atomic E-state index is 13.5. The molecule has 2 aromatic rings. The van der Waals surface area contributed by atoms with Gasteiger partial charge in [0.1, 0.15) is 5.82 Å². The predicted molar refractivity (Wildman–Crippen MR) is 97.1 cm³/mol. The van der Waals surface area contributed by atoms with Crippen molar-refractivity contribution in [3.05, 3.63) is 64.4 Å². The van der Waals surface area contributed by atoms with Crippen molar-refractivity contribution in [2.24, 2.45) is 0 Å². The van der Waals surface area contributed by atoms with E-state index in [1.54, 1.807) is 36.4 Å². The Morgan fingerprint density at radius 2 is 1.92 bits per heavy atom. The molecule has 0 spiro atoms. The number of carbonyl (C=O) groups excluding carboxylic acids is 2. The normalized spacial score (nSPS) is 10.4. The number of carbonyl (C=O) groups is 2. The number of amides is 2. The Balaban J connectivity index is 1.95. The molecule has 0 aromatic heterocycles. The van der Waals surface area contributed by atoms with E-state index in [-0.39, 0.29) is 37.1 Å². The molecule has 132 valence electrons. The number of hydrogen-bond acceptors (Lipinski definition) is 2. The van der Waals surface area contributed by atoms with E-state index in [0.29, 0.717) is 10.6 Å². The highest BCUT2D eigenvalue weighted by molar-refractivity contribution is 6.30. The average molecular weight is 363 g/mol. The van der Waals surface area contributed by atoms with Crippen LogP contribution in [0.5, 0.6) is 0 Å². The number of hydrogen-bond donors (Lipinski definition) is 1. The molecule has 0 unspecified atom stereocenters. The summed E-state index contributed by atoms with van der Waals surface area (Å²) in [6, 6.07) is 11.5. The van der Waals surface area contributed by atoms with E-state index < -0.39 is 0 Å². The SMILES string of the molecule is CC(=O)N(CCC(=O)NCc1ccccc1F)c1ccc(Cl)cc1C. The maximum absolute atomic E-state index is 13.5. The third-order valence-corrected chi connectivity index (χ3v) is 4.06. The highest BCUT2D eigenvalue weighted by Gasteiger charge is 2.15. The van der Waals surface area contributed by atoms with Crippen LogP contribution in [0.2, 0.25) is 5.02 Å². The van der Waals surface area contributed by atoms with Gasteiger partial charge in [0, 0.05) is 42.7 Å². The first-order chi connectivity index (χ1) is 11.9. The van der Waals surface area contributed by atoms with Crippen LogP contribution in [0, 0.1) is 12.7 Å². The molecule has 0 aliphatic rings. The van der Waals surface area contributed by atoms with Gasteiger partial charge in [0.05, 0.1) is 0 Å². The van der Waals surface area contributed by atoms with Gasteiger partial charge < -0.3 is 10.2 Å². The molecule has 2 aromatic carbocycles. The molecule has 0 aliphatic heterocycles. The minimum Gasteiger partial charge on any atom is -0.352 e. The summed E-state index contributed by atoms with van der Waals surface area (Å²) in [5.41, 5.74) is 2.00. The van der Waals surface area contributed by atoms with Gasteiger partial charge in [-0.1, -0.05) is 29.8 Å². The second kappa shape index (κ2) is 8.62.